The number of halogens is 3. The first-order valence-electron chi connectivity index (χ1n) is 8.72. The number of nitriles is 1. The van der Waals surface area contributed by atoms with Crippen molar-refractivity contribution in [3.05, 3.63) is 41.5 Å². The lowest BCUT2D eigenvalue weighted by Gasteiger charge is -2.34. The van der Waals surface area contributed by atoms with E-state index in [1.165, 1.54) is 6.08 Å². The maximum absolute atomic E-state index is 12.3. The first kappa shape index (κ1) is 20.9. The van der Waals surface area contributed by atoms with Crippen LogP contribution in [0.5, 0.6) is 0 Å². The van der Waals surface area contributed by atoms with Gasteiger partial charge in [0.15, 0.2) is 0 Å². The summed E-state index contributed by atoms with van der Waals surface area (Å²) in [5, 5.41) is 9.06. The molecule has 2 rings (SSSR count). The van der Waals surface area contributed by atoms with E-state index in [0.717, 1.165) is 0 Å². The number of amides is 1. The number of alkyl halides is 3. The van der Waals surface area contributed by atoms with Crippen molar-refractivity contribution in [3.63, 3.8) is 0 Å². The fourth-order valence-electron chi connectivity index (χ4n) is 2.78. The molecule has 0 radical (unpaired) electrons. The summed E-state index contributed by atoms with van der Waals surface area (Å²) >= 11 is 0. The average Bonchev–Trinajstić information content (AvgIpc) is 2.65. The van der Waals surface area contributed by atoms with Crippen LogP contribution in [0.3, 0.4) is 0 Å². The van der Waals surface area contributed by atoms with E-state index in [1.807, 2.05) is 6.07 Å². The minimum Gasteiger partial charge on any atom is -0.372 e. The van der Waals surface area contributed by atoms with Crippen molar-refractivity contribution < 1.29 is 22.7 Å². The second-order valence-corrected chi connectivity index (χ2v) is 6.22. The zero-order valence-electron chi connectivity index (χ0n) is 14.9. The van der Waals surface area contributed by atoms with Crippen LogP contribution in [0.1, 0.15) is 17.5 Å². The number of ether oxygens (including phenoxy) is 1. The smallest absolute Gasteiger partial charge is 0.372 e. The van der Waals surface area contributed by atoms with Crippen molar-refractivity contribution in [3.8, 4) is 6.07 Å². The molecule has 1 aliphatic rings. The van der Waals surface area contributed by atoms with Crippen molar-refractivity contribution >= 4 is 12.0 Å². The molecule has 1 aromatic carbocycles. The van der Waals surface area contributed by atoms with Crippen molar-refractivity contribution in [1.82, 2.24) is 9.80 Å². The third kappa shape index (κ3) is 7.41. The summed E-state index contributed by atoms with van der Waals surface area (Å²) in [7, 11) is 0. The van der Waals surface area contributed by atoms with Crippen molar-refractivity contribution in [2.75, 3.05) is 45.9 Å². The van der Waals surface area contributed by atoms with Gasteiger partial charge in [-0.15, -0.1) is 0 Å². The lowest BCUT2D eigenvalue weighted by Crippen LogP contribution is -2.48. The summed E-state index contributed by atoms with van der Waals surface area (Å²) in [6.45, 7) is 1.97. The second kappa shape index (κ2) is 10.1. The van der Waals surface area contributed by atoms with Crippen LogP contribution >= 0.6 is 0 Å². The van der Waals surface area contributed by atoms with Crippen LogP contribution < -0.4 is 0 Å². The van der Waals surface area contributed by atoms with Crippen LogP contribution in [0, 0.1) is 11.3 Å². The molecule has 0 aliphatic carbocycles. The summed E-state index contributed by atoms with van der Waals surface area (Å²) < 4.78 is 40.5. The second-order valence-electron chi connectivity index (χ2n) is 6.22. The Balaban J connectivity index is 1.70. The fourth-order valence-corrected chi connectivity index (χ4v) is 2.78. The molecule has 5 nitrogen and oxygen atoms in total. The molecule has 1 heterocycles. The number of carbonyl (C=O) groups is 1. The standard InChI is InChI=1S/C19H22F3N3O2/c20-19(21,22)15-27-13-3-8-24-9-11-25(12-10-24)18(26)7-6-16-4-1-2-5-17(16)14-23/h1-2,4-7H,3,8-13,15H2/b7-6+. The van der Waals surface area contributed by atoms with Gasteiger partial charge in [0.05, 0.1) is 11.6 Å². The minimum absolute atomic E-state index is 0.0691. The van der Waals surface area contributed by atoms with E-state index in [4.69, 9.17) is 5.26 Å². The summed E-state index contributed by atoms with van der Waals surface area (Å²) in [5.74, 6) is -0.115. The lowest BCUT2D eigenvalue weighted by molar-refractivity contribution is -0.174. The van der Waals surface area contributed by atoms with Gasteiger partial charge in [-0.05, 0) is 24.1 Å². The molecule has 8 heteroatoms. The molecule has 146 valence electrons. The van der Waals surface area contributed by atoms with Crippen LogP contribution in [0.15, 0.2) is 30.3 Å². The predicted octanol–water partition coefficient (Wildman–Crippen LogP) is 2.68. The monoisotopic (exact) mass is 381 g/mol. The molecule has 0 spiro atoms. The molecule has 1 fully saturated rings. The molecular formula is C19H22F3N3O2. The summed E-state index contributed by atoms with van der Waals surface area (Å²) in [6, 6.07) is 9.14. The fraction of sp³-hybridized carbons (Fsp3) is 0.474. The van der Waals surface area contributed by atoms with Crippen LogP contribution in [0.25, 0.3) is 6.08 Å². The Hall–Kier alpha value is -2.37. The SMILES string of the molecule is N#Cc1ccccc1/C=C/C(=O)N1CCN(CCCOCC(F)(F)F)CC1. The van der Waals surface area contributed by atoms with E-state index < -0.39 is 12.8 Å². The number of rotatable bonds is 7. The normalized spacial score (nSPS) is 15.9. The van der Waals surface area contributed by atoms with E-state index in [9.17, 15) is 18.0 Å². The highest BCUT2D eigenvalue weighted by atomic mass is 19.4. The summed E-state index contributed by atoms with van der Waals surface area (Å²) in [4.78, 5) is 16.1. The Morgan fingerprint density at radius 1 is 1.22 bits per heavy atom. The molecule has 1 aliphatic heterocycles. The van der Waals surface area contributed by atoms with Gasteiger partial charge < -0.3 is 9.64 Å². The molecule has 27 heavy (non-hydrogen) atoms. The highest BCUT2D eigenvalue weighted by molar-refractivity contribution is 5.92. The molecular weight excluding hydrogens is 359 g/mol. The maximum Gasteiger partial charge on any atom is 0.411 e. The molecule has 1 amide bonds. The van der Waals surface area contributed by atoms with Gasteiger partial charge in [0.2, 0.25) is 5.91 Å². The maximum atomic E-state index is 12.3. The number of benzene rings is 1. The zero-order valence-corrected chi connectivity index (χ0v) is 14.9. The van der Waals surface area contributed by atoms with Crippen LogP contribution in [0.4, 0.5) is 13.2 Å². The van der Waals surface area contributed by atoms with Gasteiger partial charge in [0.1, 0.15) is 6.61 Å². The highest BCUT2D eigenvalue weighted by Gasteiger charge is 2.27. The van der Waals surface area contributed by atoms with E-state index in [1.54, 1.807) is 29.2 Å². The Kier molecular flexibility index (Phi) is 7.82. The van der Waals surface area contributed by atoms with Gasteiger partial charge in [-0.2, -0.15) is 18.4 Å². The quantitative estimate of drug-likeness (QED) is 0.538. The summed E-state index contributed by atoms with van der Waals surface area (Å²) in [6.07, 6.45) is -0.649. The molecule has 0 saturated carbocycles. The van der Waals surface area contributed by atoms with Crippen molar-refractivity contribution in [2.45, 2.75) is 12.6 Å². The van der Waals surface area contributed by atoms with Gasteiger partial charge in [-0.1, -0.05) is 18.2 Å². The molecule has 0 atom stereocenters. The zero-order chi connectivity index (χ0) is 19.7. The Morgan fingerprint density at radius 2 is 1.93 bits per heavy atom. The largest absolute Gasteiger partial charge is 0.411 e. The van der Waals surface area contributed by atoms with Crippen LogP contribution in [-0.4, -0.2) is 67.8 Å². The van der Waals surface area contributed by atoms with Crippen molar-refractivity contribution in [1.29, 1.82) is 5.26 Å². The van der Waals surface area contributed by atoms with E-state index in [-0.39, 0.29) is 12.5 Å². The Labute approximate surface area is 156 Å². The third-order valence-electron chi connectivity index (χ3n) is 4.20. The van der Waals surface area contributed by atoms with Gasteiger partial charge in [-0.25, -0.2) is 0 Å². The molecule has 0 unspecified atom stereocenters. The molecule has 0 aromatic heterocycles. The minimum atomic E-state index is -4.28. The van der Waals surface area contributed by atoms with Gasteiger partial charge in [0, 0.05) is 45.4 Å². The first-order chi connectivity index (χ1) is 12.9. The number of hydrogen-bond donors (Lipinski definition) is 0. The molecule has 0 N–H and O–H groups in total. The lowest BCUT2D eigenvalue weighted by atomic mass is 10.1. The molecule has 1 saturated heterocycles. The molecule has 0 bridgehead atoms. The van der Waals surface area contributed by atoms with Crippen LogP contribution in [-0.2, 0) is 9.53 Å². The van der Waals surface area contributed by atoms with E-state index in [2.05, 4.69) is 15.7 Å². The number of nitrogens with zero attached hydrogens (tertiary/aromatic N) is 3. The number of carbonyl (C=O) groups excluding carboxylic acids is 1. The molecule has 1 aromatic rings. The van der Waals surface area contributed by atoms with Gasteiger partial charge in [-0.3, -0.25) is 9.69 Å². The van der Waals surface area contributed by atoms with E-state index in [0.29, 0.717) is 50.3 Å². The van der Waals surface area contributed by atoms with E-state index >= 15 is 0 Å². The Bertz CT molecular complexity index is 690. The van der Waals surface area contributed by atoms with Gasteiger partial charge >= 0.3 is 6.18 Å². The third-order valence-corrected chi connectivity index (χ3v) is 4.20. The van der Waals surface area contributed by atoms with Crippen molar-refractivity contribution in [2.24, 2.45) is 0 Å². The average molecular weight is 381 g/mol. The topological polar surface area (TPSA) is 56.6 Å². The Morgan fingerprint density at radius 3 is 2.59 bits per heavy atom. The van der Waals surface area contributed by atoms with Gasteiger partial charge in [0.25, 0.3) is 0 Å². The predicted molar refractivity (Wildman–Crippen MR) is 94.7 cm³/mol. The number of hydrogen-bond acceptors (Lipinski definition) is 4. The first-order valence-corrected chi connectivity index (χ1v) is 8.72. The highest BCUT2D eigenvalue weighted by Crippen LogP contribution is 2.14. The summed E-state index contributed by atoms with van der Waals surface area (Å²) in [5.41, 5.74) is 1.21. The van der Waals surface area contributed by atoms with Crippen LogP contribution in [0.2, 0.25) is 0 Å². The number of piperazine rings is 1.